The summed E-state index contributed by atoms with van der Waals surface area (Å²) in [5.74, 6) is 0. The van der Waals surface area contributed by atoms with Crippen LogP contribution in [0.5, 0.6) is 0 Å². The average molecular weight is 289 g/mol. The number of benzene rings is 1. The summed E-state index contributed by atoms with van der Waals surface area (Å²) in [7, 11) is 0. The lowest BCUT2D eigenvalue weighted by Gasteiger charge is -2.32. The number of nitrogens with one attached hydrogen (secondary N) is 2. The standard InChI is InChI=1S/C16H23N3O2/c1-3-8-17-16(20)18-15-6-4-14(5-7-15)13(2)19-9-11-21-12-10-19/h3-7,13H,1,8-12H2,2H3,(H2,17,18,20). The predicted molar refractivity (Wildman–Crippen MR) is 84.5 cm³/mol. The molecule has 5 nitrogen and oxygen atoms in total. The molecule has 1 aliphatic heterocycles. The monoisotopic (exact) mass is 289 g/mol. The normalized spacial score (nSPS) is 17.0. The Labute approximate surface area is 126 Å². The Balaban J connectivity index is 1.91. The second kappa shape index (κ2) is 7.81. The molecular formula is C16H23N3O2. The van der Waals surface area contributed by atoms with Crippen molar-refractivity contribution in [1.29, 1.82) is 0 Å². The van der Waals surface area contributed by atoms with E-state index in [1.54, 1.807) is 6.08 Å². The molecule has 114 valence electrons. The molecule has 1 aromatic rings. The molecule has 0 radical (unpaired) electrons. The highest BCUT2D eigenvalue weighted by Gasteiger charge is 2.18. The minimum absolute atomic E-state index is 0.219. The molecule has 2 N–H and O–H groups in total. The molecule has 1 aliphatic rings. The quantitative estimate of drug-likeness (QED) is 0.818. The van der Waals surface area contributed by atoms with Crippen LogP contribution in [-0.2, 0) is 4.74 Å². The van der Waals surface area contributed by atoms with Crippen LogP contribution in [-0.4, -0.2) is 43.8 Å². The Morgan fingerprint density at radius 2 is 2.05 bits per heavy atom. The fourth-order valence-electron chi connectivity index (χ4n) is 2.36. The number of hydrogen-bond donors (Lipinski definition) is 2. The molecule has 0 aliphatic carbocycles. The topological polar surface area (TPSA) is 53.6 Å². The van der Waals surface area contributed by atoms with Gasteiger partial charge in [-0.05, 0) is 24.6 Å². The van der Waals surface area contributed by atoms with Gasteiger partial charge in [0.1, 0.15) is 0 Å². The number of amides is 2. The first-order chi connectivity index (χ1) is 10.2. The lowest BCUT2D eigenvalue weighted by Crippen LogP contribution is -2.38. The SMILES string of the molecule is C=CCNC(=O)Nc1ccc(C(C)N2CCOCC2)cc1. The van der Waals surface area contributed by atoms with E-state index in [2.05, 4.69) is 41.2 Å². The molecule has 1 saturated heterocycles. The molecule has 5 heteroatoms. The van der Waals surface area contributed by atoms with Gasteiger partial charge in [-0.2, -0.15) is 0 Å². The minimum Gasteiger partial charge on any atom is -0.379 e. The number of hydrogen-bond acceptors (Lipinski definition) is 3. The van der Waals surface area contributed by atoms with E-state index in [1.807, 2.05) is 12.1 Å². The van der Waals surface area contributed by atoms with Crippen LogP contribution in [0.25, 0.3) is 0 Å². The van der Waals surface area contributed by atoms with Crippen LogP contribution in [0.2, 0.25) is 0 Å². The number of carbonyl (C=O) groups excluding carboxylic acids is 1. The highest BCUT2D eigenvalue weighted by atomic mass is 16.5. The summed E-state index contributed by atoms with van der Waals surface area (Å²) in [4.78, 5) is 14.0. The Morgan fingerprint density at radius 3 is 2.67 bits per heavy atom. The van der Waals surface area contributed by atoms with Crippen LogP contribution in [0.15, 0.2) is 36.9 Å². The highest BCUT2D eigenvalue weighted by molar-refractivity contribution is 5.89. The fourth-order valence-corrected chi connectivity index (χ4v) is 2.36. The molecule has 1 fully saturated rings. The number of rotatable bonds is 5. The molecule has 1 heterocycles. The third-order valence-corrected chi connectivity index (χ3v) is 3.65. The van der Waals surface area contributed by atoms with Crippen LogP contribution >= 0.6 is 0 Å². The van der Waals surface area contributed by atoms with Crippen molar-refractivity contribution in [2.24, 2.45) is 0 Å². The van der Waals surface area contributed by atoms with Gasteiger partial charge in [0, 0.05) is 31.4 Å². The molecule has 0 saturated carbocycles. The number of morpholine rings is 1. The second-order valence-corrected chi connectivity index (χ2v) is 5.07. The summed E-state index contributed by atoms with van der Waals surface area (Å²) in [6.07, 6.45) is 1.65. The van der Waals surface area contributed by atoms with Crippen molar-refractivity contribution in [3.63, 3.8) is 0 Å². The smallest absolute Gasteiger partial charge is 0.319 e. The van der Waals surface area contributed by atoms with Gasteiger partial charge in [-0.3, -0.25) is 4.90 Å². The number of nitrogens with zero attached hydrogens (tertiary/aromatic N) is 1. The molecule has 1 unspecified atom stereocenters. The zero-order chi connectivity index (χ0) is 15.1. The zero-order valence-corrected chi connectivity index (χ0v) is 12.5. The van der Waals surface area contributed by atoms with E-state index < -0.39 is 0 Å². The summed E-state index contributed by atoms with van der Waals surface area (Å²) in [5, 5.41) is 5.47. The van der Waals surface area contributed by atoms with Crippen molar-refractivity contribution in [3.8, 4) is 0 Å². The van der Waals surface area contributed by atoms with Crippen LogP contribution in [0.4, 0.5) is 10.5 Å². The third-order valence-electron chi connectivity index (χ3n) is 3.65. The fraction of sp³-hybridized carbons (Fsp3) is 0.438. The Morgan fingerprint density at radius 1 is 1.38 bits per heavy atom. The Bertz CT molecular complexity index is 467. The summed E-state index contributed by atoms with van der Waals surface area (Å²) >= 11 is 0. The molecule has 1 atom stereocenters. The summed E-state index contributed by atoms with van der Waals surface area (Å²) in [5.41, 5.74) is 2.03. The maximum absolute atomic E-state index is 11.5. The molecule has 21 heavy (non-hydrogen) atoms. The molecular weight excluding hydrogens is 266 g/mol. The number of ether oxygens (including phenoxy) is 1. The lowest BCUT2D eigenvalue weighted by atomic mass is 10.1. The van der Waals surface area contributed by atoms with Crippen molar-refractivity contribution >= 4 is 11.7 Å². The van der Waals surface area contributed by atoms with Crippen LogP contribution in [0, 0.1) is 0 Å². The first kappa shape index (κ1) is 15.5. The zero-order valence-electron chi connectivity index (χ0n) is 12.5. The summed E-state index contributed by atoms with van der Waals surface area (Å²) < 4.78 is 5.38. The Hall–Kier alpha value is -1.85. The average Bonchev–Trinajstić information content (AvgIpc) is 2.54. The molecule has 0 spiro atoms. The molecule has 0 aromatic heterocycles. The van der Waals surface area contributed by atoms with Crippen molar-refractivity contribution in [2.45, 2.75) is 13.0 Å². The summed E-state index contributed by atoms with van der Waals surface area (Å²) in [6.45, 7) is 9.74. The van der Waals surface area contributed by atoms with E-state index >= 15 is 0 Å². The lowest BCUT2D eigenvalue weighted by molar-refractivity contribution is 0.0198. The maximum atomic E-state index is 11.5. The first-order valence-electron chi connectivity index (χ1n) is 7.28. The first-order valence-corrected chi connectivity index (χ1v) is 7.28. The number of carbonyl (C=O) groups is 1. The van der Waals surface area contributed by atoms with Gasteiger partial charge in [-0.1, -0.05) is 18.2 Å². The van der Waals surface area contributed by atoms with Crippen molar-refractivity contribution in [2.75, 3.05) is 38.2 Å². The van der Waals surface area contributed by atoms with Gasteiger partial charge in [0.25, 0.3) is 0 Å². The number of urea groups is 1. The minimum atomic E-state index is -0.219. The molecule has 0 bridgehead atoms. The van der Waals surface area contributed by atoms with Crippen molar-refractivity contribution in [1.82, 2.24) is 10.2 Å². The van der Waals surface area contributed by atoms with Crippen LogP contribution < -0.4 is 10.6 Å². The Kier molecular flexibility index (Phi) is 5.78. The molecule has 2 rings (SSSR count). The summed E-state index contributed by atoms with van der Waals surface area (Å²) in [6, 6.07) is 8.12. The van der Waals surface area contributed by atoms with E-state index in [-0.39, 0.29) is 6.03 Å². The van der Waals surface area contributed by atoms with Gasteiger partial charge in [-0.25, -0.2) is 4.79 Å². The van der Waals surface area contributed by atoms with E-state index in [9.17, 15) is 4.79 Å². The van der Waals surface area contributed by atoms with E-state index in [0.717, 1.165) is 32.0 Å². The van der Waals surface area contributed by atoms with Crippen molar-refractivity contribution in [3.05, 3.63) is 42.5 Å². The van der Waals surface area contributed by atoms with Gasteiger partial charge in [-0.15, -0.1) is 6.58 Å². The van der Waals surface area contributed by atoms with E-state index in [0.29, 0.717) is 12.6 Å². The number of anilines is 1. The molecule has 2 amide bonds. The molecule has 1 aromatic carbocycles. The van der Waals surface area contributed by atoms with Gasteiger partial charge < -0.3 is 15.4 Å². The third kappa shape index (κ3) is 4.58. The van der Waals surface area contributed by atoms with E-state index in [1.165, 1.54) is 5.56 Å². The second-order valence-electron chi connectivity index (χ2n) is 5.07. The van der Waals surface area contributed by atoms with Crippen molar-refractivity contribution < 1.29 is 9.53 Å². The van der Waals surface area contributed by atoms with Gasteiger partial charge in [0.05, 0.1) is 13.2 Å². The van der Waals surface area contributed by atoms with Gasteiger partial charge in [0.15, 0.2) is 0 Å². The van der Waals surface area contributed by atoms with Gasteiger partial charge >= 0.3 is 6.03 Å². The van der Waals surface area contributed by atoms with Crippen LogP contribution in [0.1, 0.15) is 18.5 Å². The predicted octanol–water partition coefficient (Wildman–Crippen LogP) is 2.39. The highest BCUT2D eigenvalue weighted by Crippen LogP contribution is 2.22. The largest absolute Gasteiger partial charge is 0.379 e. The van der Waals surface area contributed by atoms with Gasteiger partial charge in [0.2, 0.25) is 0 Å². The maximum Gasteiger partial charge on any atom is 0.319 e. The van der Waals surface area contributed by atoms with Crippen LogP contribution in [0.3, 0.4) is 0 Å². The van der Waals surface area contributed by atoms with E-state index in [4.69, 9.17) is 4.74 Å².